The lowest BCUT2D eigenvalue weighted by Gasteiger charge is -2.28. The van der Waals surface area contributed by atoms with Gasteiger partial charge in [-0.2, -0.15) is 0 Å². The zero-order chi connectivity index (χ0) is 26.0. The second-order valence-electron chi connectivity index (χ2n) is 9.34. The number of carbonyl (C=O) groups excluding carboxylic acids is 4. The molecular weight excluding hydrogens is 474 g/mol. The van der Waals surface area contributed by atoms with Gasteiger partial charge in [0.15, 0.2) is 5.13 Å². The van der Waals surface area contributed by atoms with Gasteiger partial charge in [0.25, 0.3) is 0 Å². The van der Waals surface area contributed by atoms with Crippen LogP contribution in [0.25, 0.3) is 0 Å². The number of ether oxygens (including phenoxy) is 1. The van der Waals surface area contributed by atoms with Crippen molar-refractivity contribution in [1.82, 2.24) is 20.7 Å². The number of aryl methyl sites for hydroxylation is 1. The van der Waals surface area contributed by atoms with E-state index in [1.54, 1.807) is 12.5 Å². The average Bonchev–Trinajstić information content (AvgIpc) is 3.22. The predicted molar refractivity (Wildman–Crippen MR) is 131 cm³/mol. The van der Waals surface area contributed by atoms with Crippen molar-refractivity contribution in [3.63, 3.8) is 0 Å². The largest absolute Gasteiger partial charge is 0.449 e. The fraction of sp³-hybridized carbons (Fsp3) is 0.696. The van der Waals surface area contributed by atoms with Gasteiger partial charge in [-0.15, -0.1) is 11.3 Å². The van der Waals surface area contributed by atoms with E-state index < -0.39 is 41.7 Å². The maximum atomic E-state index is 13.4. The Labute approximate surface area is 210 Å². The molecule has 0 radical (unpaired) electrons. The molecule has 1 aromatic heterocycles. The van der Waals surface area contributed by atoms with E-state index in [1.165, 1.54) is 16.2 Å². The van der Waals surface area contributed by atoms with Gasteiger partial charge in [-0.05, 0) is 51.4 Å². The third kappa shape index (κ3) is 9.10. The molecule has 0 aliphatic carbocycles. The van der Waals surface area contributed by atoms with Gasteiger partial charge in [-0.3, -0.25) is 19.6 Å². The van der Waals surface area contributed by atoms with Gasteiger partial charge in [-0.1, -0.05) is 13.8 Å². The summed E-state index contributed by atoms with van der Waals surface area (Å²) in [4.78, 5) is 57.0. The Balaban J connectivity index is 2.30. The molecule has 2 rings (SSSR count). The zero-order valence-corrected chi connectivity index (χ0v) is 21.7. The number of nitrogens with one attached hydrogen (secondary N) is 3. The number of thiazole rings is 1. The molecule has 1 aliphatic rings. The molecule has 0 spiro atoms. The number of cyclic esters (lactones) is 1. The van der Waals surface area contributed by atoms with E-state index in [0.29, 0.717) is 43.8 Å². The molecule has 1 fully saturated rings. The van der Waals surface area contributed by atoms with Crippen molar-refractivity contribution in [2.24, 2.45) is 17.8 Å². The van der Waals surface area contributed by atoms with Crippen molar-refractivity contribution in [2.45, 2.75) is 65.3 Å². The summed E-state index contributed by atoms with van der Waals surface area (Å²) in [6.45, 7) is 6.22. The van der Waals surface area contributed by atoms with Crippen molar-refractivity contribution in [2.75, 3.05) is 25.5 Å². The summed E-state index contributed by atoms with van der Waals surface area (Å²) in [6, 6.07) is -0.846. The van der Waals surface area contributed by atoms with Gasteiger partial charge in [-0.25, -0.2) is 15.3 Å². The van der Waals surface area contributed by atoms with E-state index in [-0.39, 0.29) is 18.9 Å². The van der Waals surface area contributed by atoms with Gasteiger partial charge in [0.2, 0.25) is 17.7 Å². The number of amides is 4. The maximum Gasteiger partial charge on any atom is 0.409 e. The molecule has 1 aliphatic heterocycles. The number of hydrogen-bond acceptors (Lipinski definition) is 8. The van der Waals surface area contributed by atoms with Crippen molar-refractivity contribution in [1.29, 1.82) is 0 Å². The average molecular weight is 512 g/mol. The van der Waals surface area contributed by atoms with Crippen LogP contribution in [-0.4, -0.2) is 65.1 Å². The molecule has 1 saturated heterocycles. The topological polar surface area (TPSA) is 150 Å². The highest BCUT2D eigenvalue weighted by Crippen LogP contribution is 2.26. The molecule has 11 nitrogen and oxygen atoms in total. The van der Waals surface area contributed by atoms with Crippen LogP contribution >= 0.6 is 11.3 Å². The molecule has 0 bridgehead atoms. The Bertz CT molecular complexity index is 876. The second-order valence-corrected chi connectivity index (χ2v) is 10.2. The number of hydrogen-bond donors (Lipinski definition) is 4. The first-order valence-corrected chi connectivity index (χ1v) is 12.9. The summed E-state index contributed by atoms with van der Waals surface area (Å²) in [6.07, 6.45) is 2.01. The van der Waals surface area contributed by atoms with Crippen LogP contribution in [0.3, 0.4) is 0 Å². The van der Waals surface area contributed by atoms with Crippen LogP contribution in [-0.2, 0) is 19.1 Å². The van der Waals surface area contributed by atoms with Crippen LogP contribution in [0.15, 0.2) is 5.38 Å². The lowest BCUT2D eigenvalue weighted by Crippen LogP contribution is -2.49. The number of hydroxylamine groups is 1. The van der Waals surface area contributed by atoms with Crippen molar-refractivity contribution >= 4 is 40.3 Å². The number of anilines is 1. The smallest absolute Gasteiger partial charge is 0.409 e. The number of rotatable bonds is 5. The molecule has 3 atom stereocenters. The first-order chi connectivity index (χ1) is 16.6. The van der Waals surface area contributed by atoms with Crippen LogP contribution in [0.2, 0.25) is 0 Å². The van der Waals surface area contributed by atoms with Gasteiger partial charge in [0.05, 0.1) is 18.2 Å². The van der Waals surface area contributed by atoms with E-state index in [2.05, 4.69) is 15.6 Å². The Morgan fingerprint density at radius 3 is 2.63 bits per heavy atom. The lowest BCUT2D eigenvalue weighted by atomic mass is 9.81. The highest BCUT2D eigenvalue weighted by atomic mass is 32.1. The summed E-state index contributed by atoms with van der Waals surface area (Å²) in [5, 5.41) is 17.2. The minimum atomic E-state index is -0.853. The Morgan fingerprint density at radius 1 is 1.26 bits per heavy atom. The SMILES string of the molecule is Cc1csc(NC(=O)[C@@H]2CCCCN(C)C(=O)OCCC[C@H](C(=O)NO)[C@@H](CC(C)C)C(=O)N2)n1. The summed E-state index contributed by atoms with van der Waals surface area (Å²) in [5.41, 5.74) is 2.45. The fourth-order valence-electron chi connectivity index (χ4n) is 4.07. The maximum absolute atomic E-state index is 13.4. The van der Waals surface area contributed by atoms with E-state index in [1.807, 2.05) is 26.2 Å². The van der Waals surface area contributed by atoms with Crippen molar-refractivity contribution in [3.8, 4) is 0 Å². The van der Waals surface area contributed by atoms with E-state index in [0.717, 1.165) is 5.69 Å². The Kier molecular flexibility index (Phi) is 11.4. The zero-order valence-electron chi connectivity index (χ0n) is 20.8. The number of aromatic nitrogens is 1. The summed E-state index contributed by atoms with van der Waals surface area (Å²) < 4.78 is 5.29. The predicted octanol–water partition coefficient (Wildman–Crippen LogP) is 2.69. The van der Waals surface area contributed by atoms with Crippen molar-refractivity contribution < 1.29 is 29.1 Å². The van der Waals surface area contributed by atoms with Crippen LogP contribution < -0.4 is 16.1 Å². The molecule has 35 heavy (non-hydrogen) atoms. The molecule has 12 heteroatoms. The summed E-state index contributed by atoms with van der Waals surface area (Å²) >= 11 is 1.30. The van der Waals surface area contributed by atoms with Crippen molar-refractivity contribution in [3.05, 3.63) is 11.1 Å². The van der Waals surface area contributed by atoms with Crippen LogP contribution in [0.1, 0.15) is 58.1 Å². The fourth-order valence-corrected chi connectivity index (χ4v) is 4.76. The molecule has 1 aromatic rings. The highest BCUT2D eigenvalue weighted by Gasteiger charge is 2.36. The first kappa shape index (κ1) is 28.5. The van der Waals surface area contributed by atoms with E-state index in [4.69, 9.17) is 4.74 Å². The summed E-state index contributed by atoms with van der Waals surface area (Å²) in [7, 11) is 1.64. The van der Waals surface area contributed by atoms with Gasteiger partial charge in [0.1, 0.15) is 6.04 Å². The summed E-state index contributed by atoms with van der Waals surface area (Å²) in [5.74, 6) is -3.04. The van der Waals surface area contributed by atoms with E-state index in [9.17, 15) is 24.4 Å². The van der Waals surface area contributed by atoms with Gasteiger partial charge < -0.3 is 20.3 Å². The normalized spacial score (nSPS) is 23.0. The van der Waals surface area contributed by atoms with E-state index >= 15 is 0 Å². The molecule has 0 saturated carbocycles. The molecule has 4 amide bonds. The third-order valence-corrected chi connectivity index (χ3v) is 6.79. The lowest BCUT2D eigenvalue weighted by molar-refractivity contribution is -0.142. The Morgan fingerprint density at radius 2 is 2.00 bits per heavy atom. The molecule has 0 aromatic carbocycles. The monoisotopic (exact) mass is 511 g/mol. The quantitative estimate of drug-likeness (QED) is 0.351. The van der Waals surface area contributed by atoms with Gasteiger partial charge in [0, 0.05) is 24.9 Å². The minimum absolute atomic E-state index is 0.0823. The second kappa shape index (κ2) is 14.0. The van der Waals surface area contributed by atoms with Crippen LogP contribution in [0.5, 0.6) is 0 Å². The third-order valence-electron chi connectivity index (χ3n) is 5.91. The molecule has 4 N–H and O–H groups in total. The molecule has 196 valence electrons. The highest BCUT2D eigenvalue weighted by molar-refractivity contribution is 7.13. The molecule has 0 unspecified atom stereocenters. The molecule has 2 heterocycles. The minimum Gasteiger partial charge on any atom is -0.449 e. The number of nitrogens with zero attached hydrogens (tertiary/aromatic N) is 2. The standard InChI is InChI=1S/C23H37N5O6S/c1-14(2)12-17-16(20(30)27-33)8-7-11-34-23(32)28(4)10-6-5-9-18(25-19(17)29)21(31)26-22-24-15(3)13-35-22/h13-14,16-18,33H,5-12H2,1-4H3,(H,25,29)(H,27,30)(H,24,26,31)/t16-,17+,18-/m0/s1. The van der Waals surface area contributed by atoms with Gasteiger partial charge >= 0.3 is 6.09 Å². The Hall–Kier alpha value is -2.73. The van der Waals surface area contributed by atoms with Crippen LogP contribution in [0, 0.1) is 24.7 Å². The number of carbonyl (C=O) groups is 4. The molecular formula is C23H37N5O6S. The first-order valence-electron chi connectivity index (χ1n) is 12.0. The van der Waals surface area contributed by atoms with Crippen LogP contribution in [0.4, 0.5) is 9.93 Å².